The highest BCUT2D eigenvalue weighted by Crippen LogP contribution is 2.24. The van der Waals surface area contributed by atoms with Gasteiger partial charge in [-0.1, -0.05) is 33.2 Å². The number of carbonyl (C=O) groups is 1. The number of nitrogens with zero attached hydrogens (tertiary/aromatic N) is 1. The Morgan fingerprint density at radius 3 is 2.86 bits per heavy atom. The molecule has 1 N–H and O–H groups in total. The maximum atomic E-state index is 12.2. The van der Waals surface area contributed by atoms with Crippen LogP contribution in [0.1, 0.15) is 16.8 Å². The lowest BCUT2D eigenvalue weighted by Gasteiger charge is -2.04. The lowest BCUT2D eigenvalue weighted by molar-refractivity contribution is -0.115. The summed E-state index contributed by atoms with van der Waals surface area (Å²) in [6.45, 7) is 4.00. The van der Waals surface area contributed by atoms with Crippen LogP contribution >= 0.6 is 15.9 Å². The van der Waals surface area contributed by atoms with Crippen LogP contribution in [0.5, 0.6) is 0 Å². The minimum Gasteiger partial charge on any atom is -0.356 e. The Balaban J connectivity index is 1.82. The average Bonchev–Trinajstić information content (AvgIpc) is 2.82. The quantitative estimate of drug-likeness (QED) is 0.755. The predicted molar refractivity (Wildman–Crippen MR) is 90.0 cm³/mol. The molecular weight excluding hydrogens is 344 g/mol. The number of halogens is 1. The second-order valence-electron chi connectivity index (χ2n) is 5.32. The van der Waals surface area contributed by atoms with Gasteiger partial charge in [-0.2, -0.15) is 0 Å². The van der Waals surface area contributed by atoms with Crippen molar-refractivity contribution >= 4 is 38.5 Å². The van der Waals surface area contributed by atoms with E-state index in [2.05, 4.69) is 26.4 Å². The first-order chi connectivity index (χ1) is 10.5. The summed E-state index contributed by atoms with van der Waals surface area (Å²) >= 11 is 3.38. The van der Waals surface area contributed by atoms with Gasteiger partial charge in [0.15, 0.2) is 5.58 Å². The van der Waals surface area contributed by atoms with Gasteiger partial charge in [0.2, 0.25) is 5.91 Å². The van der Waals surface area contributed by atoms with Crippen molar-refractivity contribution in [2.45, 2.75) is 20.3 Å². The van der Waals surface area contributed by atoms with E-state index in [4.69, 9.17) is 4.52 Å². The van der Waals surface area contributed by atoms with Crippen LogP contribution < -0.4 is 5.32 Å². The van der Waals surface area contributed by atoms with Crippen molar-refractivity contribution in [2.75, 3.05) is 5.32 Å². The summed E-state index contributed by atoms with van der Waals surface area (Å²) < 4.78 is 6.29. The summed E-state index contributed by atoms with van der Waals surface area (Å²) in [5, 5.41) is 7.82. The first kappa shape index (κ1) is 14.8. The van der Waals surface area contributed by atoms with Crippen LogP contribution in [0.3, 0.4) is 0 Å². The first-order valence-corrected chi connectivity index (χ1v) is 7.73. The number of rotatable bonds is 3. The topological polar surface area (TPSA) is 55.1 Å². The standard InChI is InChI=1S/C17H15BrN2O2/c1-10-6-11(2)17-14(7-10)15(20-22-17)9-16(21)19-13-5-3-4-12(18)8-13/h3-8H,9H2,1-2H3,(H,19,21). The fraction of sp³-hybridized carbons (Fsp3) is 0.176. The number of anilines is 1. The summed E-state index contributed by atoms with van der Waals surface area (Å²) in [6, 6.07) is 11.5. The van der Waals surface area contributed by atoms with Crippen molar-refractivity contribution < 1.29 is 9.32 Å². The molecule has 112 valence electrons. The van der Waals surface area contributed by atoms with Gasteiger partial charge >= 0.3 is 0 Å². The summed E-state index contributed by atoms with van der Waals surface area (Å²) in [5.74, 6) is -0.118. The van der Waals surface area contributed by atoms with Crippen LogP contribution in [0.4, 0.5) is 5.69 Å². The molecule has 5 heteroatoms. The molecule has 0 fully saturated rings. The Morgan fingerprint density at radius 2 is 2.09 bits per heavy atom. The van der Waals surface area contributed by atoms with E-state index in [1.807, 2.05) is 50.2 Å². The molecule has 1 aromatic heterocycles. The molecule has 0 saturated carbocycles. The lowest BCUT2D eigenvalue weighted by atomic mass is 10.1. The maximum absolute atomic E-state index is 12.2. The van der Waals surface area contributed by atoms with Crippen molar-refractivity contribution in [3.63, 3.8) is 0 Å². The van der Waals surface area contributed by atoms with Gasteiger partial charge < -0.3 is 9.84 Å². The number of hydrogen-bond acceptors (Lipinski definition) is 3. The van der Waals surface area contributed by atoms with Crippen LogP contribution in [0.2, 0.25) is 0 Å². The van der Waals surface area contributed by atoms with Crippen molar-refractivity contribution in [3.05, 3.63) is 57.7 Å². The van der Waals surface area contributed by atoms with E-state index in [-0.39, 0.29) is 12.3 Å². The minimum absolute atomic E-state index is 0.118. The summed E-state index contributed by atoms with van der Waals surface area (Å²) in [6.07, 6.45) is 0.183. The van der Waals surface area contributed by atoms with Crippen LogP contribution in [-0.4, -0.2) is 11.1 Å². The van der Waals surface area contributed by atoms with Crippen LogP contribution in [-0.2, 0) is 11.2 Å². The number of aryl methyl sites for hydroxylation is 2. The third-order valence-electron chi connectivity index (χ3n) is 3.41. The summed E-state index contributed by atoms with van der Waals surface area (Å²) in [7, 11) is 0. The molecule has 0 unspecified atom stereocenters. The van der Waals surface area contributed by atoms with Gasteiger partial charge in [0.05, 0.1) is 6.42 Å². The number of hydrogen-bond donors (Lipinski definition) is 1. The van der Waals surface area contributed by atoms with E-state index in [0.29, 0.717) is 5.69 Å². The molecule has 0 aliphatic heterocycles. The van der Waals surface area contributed by atoms with Crippen molar-refractivity contribution in [2.24, 2.45) is 0 Å². The molecule has 0 aliphatic rings. The number of fused-ring (bicyclic) bond motifs is 1. The number of nitrogens with one attached hydrogen (secondary N) is 1. The zero-order valence-corrected chi connectivity index (χ0v) is 13.9. The third kappa shape index (κ3) is 3.04. The molecule has 3 rings (SSSR count). The molecule has 22 heavy (non-hydrogen) atoms. The molecule has 0 spiro atoms. The zero-order chi connectivity index (χ0) is 15.7. The Hall–Kier alpha value is -2.14. The Bertz CT molecular complexity index is 855. The highest BCUT2D eigenvalue weighted by molar-refractivity contribution is 9.10. The molecule has 4 nitrogen and oxygen atoms in total. The van der Waals surface area contributed by atoms with E-state index in [0.717, 1.165) is 32.3 Å². The van der Waals surface area contributed by atoms with Crippen molar-refractivity contribution in [1.29, 1.82) is 0 Å². The molecule has 1 heterocycles. The van der Waals surface area contributed by atoms with E-state index in [1.54, 1.807) is 0 Å². The molecule has 0 radical (unpaired) electrons. The lowest BCUT2D eigenvalue weighted by Crippen LogP contribution is -2.14. The number of aromatic nitrogens is 1. The first-order valence-electron chi connectivity index (χ1n) is 6.94. The predicted octanol–water partition coefficient (Wildman–Crippen LogP) is 4.39. The number of benzene rings is 2. The largest absolute Gasteiger partial charge is 0.356 e. The Morgan fingerprint density at radius 1 is 1.27 bits per heavy atom. The smallest absolute Gasteiger partial charge is 0.230 e. The van der Waals surface area contributed by atoms with Gasteiger partial charge in [-0.3, -0.25) is 4.79 Å². The molecule has 0 bridgehead atoms. The normalized spacial score (nSPS) is 10.9. The van der Waals surface area contributed by atoms with Crippen molar-refractivity contribution in [1.82, 2.24) is 5.16 Å². The van der Waals surface area contributed by atoms with Crippen LogP contribution in [0.15, 0.2) is 45.4 Å². The third-order valence-corrected chi connectivity index (χ3v) is 3.91. The fourth-order valence-electron chi connectivity index (χ4n) is 2.49. The van der Waals surface area contributed by atoms with Gasteiger partial charge in [-0.15, -0.1) is 0 Å². The number of amides is 1. The zero-order valence-electron chi connectivity index (χ0n) is 12.3. The molecule has 2 aromatic carbocycles. The van der Waals surface area contributed by atoms with E-state index in [1.165, 1.54) is 0 Å². The molecular formula is C17H15BrN2O2. The minimum atomic E-state index is -0.118. The molecule has 0 aliphatic carbocycles. The molecule has 3 aromatic rings. The molecule has 0 atom stereocenters. The summed E-state index contributed by atoms with van der Waals surface area (Å²) in [4.78, 5) is 12.2. The second kappa shape index (κ2) is 5.93. The van der Waals surface area contributed by atoms with E-state index >= 15 is 0 Å². The molecule has 0 saturated heterocycles. The average molecular weight is 359 g/mol. The summed E-state index contributed by atoms with van der Waals surface area (Å²) in [5.41, 5.74) is 4.31. The monoisotopic (exact) mass is 358 g/mol. The van der Waals surface area contributed by atoms with Crippen LogP contribution in [0, 0.1) is 13.8 Å². The van der Waals surface area contributed by atoms with Crippen molar-refractivity contribution in [3.8, 4) is 0 Å². The second-order valence-corrected chi connectivity index (χ2v) is 6.24. The van der Waals surface area contributed by atoms with Gasteiger partial charge in [-0.05, 0) is 49.2 Å². The molecule has 1 amide bonds. The maximum Gasteiger partial charge on any atom is 0.230 e. The van der Waals surface area contributed by atoms with Gasteiger partial charge in [0, 0.05) is 15.5 Å². The van der Waals surface area contributed by atoms with Gasteiger partial charge in [0.1, 0.15) is 5.69 Å². The fourth-order valence-corrected chi connectivity index (χ4v) is 2.89. The number of carbonyl (C=O) groups excluding carboxylic acids is 1. The van der Waals surface area contributed by atoms with E-state index < -0.39 is 0 Å². The van der Waals surface area contributed by atoms with Gasteiger partial charge in [-0.25, -0.2) is 0 Å². The Labute approximate surface area is 136 Å². The SMILES string of the molecule is Cc1cc(C)c2onc(CC(=O)Nc3cccc(Br)c3)c2c1. The van der Waals surface area contributed by atoms with Gasteiger partial charge in [0.25, 0.3) is 0 Å². The highest BCUT2D eigenvalue weighted by atomic mass is 79.9. The van der Waals surface area contributed by atoms with E-state index in [9.17, 15) is 4.79 Å². The Kier molecular flexibility index (Phi) is 3.98. The van der Waals surface area contributed by atoms with Crippen LogP contribution in [0.25, 0.3) is 11.0 Å². The highest BCUT2D eigenvalue weighted by Gasteiger charge is 2.14.